The summed E-state index contributed by atoms with van der Waals surface area (Å²) in [4.78, 5) is 0. The Morgan fingerprint density at radius 3 is 2.87 bits per heavy atom. The van der Waals surface area contributed by atoms with Crippen molar-refractivity contribution in [3.8, 4) is 5.75 Å². The van der Waals surface area contributed by atoms with E-state index in [-0.39, 0.29) is 5.41 Å². The van der Waals surface area contributed by atoms with Crippen molar-refractivity contribution in [3.63, 3.8) is 0 Å². The van der Waals surface area contributed by atoms with Crippen molar-refractivity contribution < 1.29 is 4.74 Å². The zero-order valence-corrected chi connectivity index (χ0v) is 9.86. The Hall–Kier alpha value is -1.03. The minimum absolute atomic E-state index is 0.0207. The summed E-state index contributed by atoms with van der Waals surface area (Å²) in [6.07, 6.45) is 4.76. The lowest BCUT2D eigenvalue weighted by Gasteiger charge is -2.21. The third-order valence-corrected chi connectivity index (χ3v) is 2.24. The number of hydrogen-bond acceptors (Lipinski definition) is 3. The summed E-state index contributed by atoms with van der Waals surface area (Å²) in [5.41, 5.74) is 5.64. The number of nitrogens with zero attached hydrogens (tertiary/aromatic N) is 2. The van der Waals surface area contributed by atoms with Gasteiger partial charge in [0, 0.05) is 18.5 Å². The van der Waals surface area contributed by atoms with Crippen LogP contribution in [0, 0.1) is 5.41 Å². The van der Waals surface area contributed by atoms with Gasteiger partial charge >= 0.3 is 0 Å². The summed E-state index contributed by atoms with van der Waals surface area (Å²) < 4.78 is 7.52. The Morgan fingerprint density at radius 2 is 2.27 bits per heavy atom. The highest BCUT2D eigenvalue weighted by Crippen LogP contribution is 2.16. The van der Waals surface area contributed by atoms with E-state index in [2.05, 4.69) is 25.9 Å². The van der Waals surface area contributed by atoms with E-state index in [0.29, 0.717) is 13.2 Å². The first-order chi connectivity index (χ1) is 7.07. The normalized spacial score (nSPS) is 11.7. The quantitative estimate of drug-likeness (QED) is 0.778. The molecule has 0 unspecified atom stereocenters. The summed E-state index contributed by atoms with van der Waals surface area (Å²) in [5.74, 6) is 0.824. The van der Waals surface area contributed by atoms with E-state index in [1.807, 2.05) is 10.9 Å². The highest BCUT2D eigenvalue weighted by Gasteiger charge is 2.16. The first-order valence-electron chi connectivity index (χ1n) is 5.43. The molecule has 4 heteroatoms. The molecular formula is C11H21N3O. The van der Waals surface area contributed by atoms with Crippen molar-refractivity contribution in [3.05, 3.63) is 12.4 Å². The summed E-state index contributed by atoms with van der Waals surface area (Å²) in [5, 5.41) is 4.19. The van der Waals surface area contributed by atoms with Crippen LogP contribution in [0.25, 0.3) is 0 Å². The van der Waals surface area contributed by atoms with Crippen LogP contribution in [0.15, 0.2) is 12.4 Å². The smallest absolute Gasteiger partial charge is 0.157 e. The zero-order valence-electron chi connectivity index (χ0n) is 9.86. The van der Waals surface area contributed by atoms with Crippen molar-refractivity contribution in [2.75, 3.05) is 13.2 Å². The van der Waals surface area contributed by atoms with Crippen LogP contribution < -0.4 is 10.5 Å². The number of rotatable bonds is 6. The molecule has 0 atom stereocenters. The third kappa shape index (κ3) is 3.91. The second kappa shape index (κ2) is 5.16. The molecule has 0 saturated heterocycles. The molecule has 0 spiro atoms. The highest BCUT2D eigenvalue weighted by molar-refractivity contribution is 5.11. The Balaban J connectivity index is 2.44. The lowest BCUT2D eigenvalue weighted by Crippen LogP contribution is -2.30. The third-order valence-electron chi connectivity index (χ3n) is 2.24. The van der Waals surface area contributed by atoms with Crippen molar-refractivity contribution in [1.82, 2.24) is 9.78 Å². The molecule has 2 N–H and O–H groups in total. The Bertz CT molecular complexity index is 294. The van der Waals surface area contributed by atoms with Crippen LogP contribution in [0.4, 0.5) is 0 Å². The van der Waals surface area contributed by atoms with Crippen LogP contribution in [0.5, 0.6) is 5.75 Å². The van der Waals surface area contributed by atoms with Gasteiger partial charge in [-0.25, -0.2) is 0 Å². The molecule has 0 aliphatic heterocycles. The Kier molecular flexibility index (Phi) is 4.15. The van der Waals surface area contributed by atoms with Gasteiger partial charge in [0.2, 0.25) is 0 Å². The van der Waals surface area contributed by atoms with Gasteiger partial charge in [0.1, 0.15) is 0 Å². The maximum atomic E-state index is 5.63. The largest absolute Gasteiger partial charge is 0.490 e. The van der Waals surface area contributed by atoms with Gasteiger partial charge in [-0.1, -0.05) is 20.8 Å². The Morgan fingerprint density at radius 1 is 1.53 bits per heavy atom. The minimum Gasteiger partial charge on any atom is -0.490 e. The fourth-order valence-corrected chi connectivity index (χ4v) is 1.11. The van der Waals surface area contributed by atoms with E-state index in [4.69, 9.17) is 10.5 Å². The minimum atomic E-state index is 0.0207. The molecule has 0 amide bonds. The second-order valence-corrected chi connectivity index (χ2v) is 4.60. The van der Waals surface area contributed by atoms with E-state index in [1.165, 1.54) is 0 Å². The number of aromatic nitrogens is 2. The maximum absolute atomic E-state index is 5.63. The van der Waals surface area contributed by atoms with Crippen LogP contribution in [-0.4, -0.2) is 22.9 Å². The molecule has 1 heterocycles. The average Bonchev–Trinajstić information content (AvgIpc) is 2.64. The first-order valence-corrected chi connectivity index (χ1v) is 5.43. The number of aryl methyl sites for hydroxylation is 1. The van der Waals surface area contributed by atoms with Crippen molar-refractivity contribution in [1.29, 1.82) is 0 Å². The molecule has 0 aliphatic rings. The van der Waals surface area contributed by atoms with E-state index in [9.17, 15) is 0 Å². The van der Waals surface area contributed by atoms with Gasteiger partial charge < -0.3 is 10.5 Å². The van der Waals surface area contributed by atoms with Crippen LogP contribution in [0.1, 0.15) is 27.2 Å². The van der Waals surface area contributed by atoms with Crippen molar-refractivity contribution >= 4 is 0 Å². The van der Waals surface area contributed by atoms with Crippen LogP contribution in [-0.2, 0) is 6.54 Å². The molecular weight excluding hydrogens is 190 g/mol. The van der Waals surface area contributed by atoms with E-state index in [1.54, 1.807) is 6.20 Å². The molecule has 0 saturated carbocycles. The van der Waals surface area contributed by atoms with Gasteiger partial charge in [-0.2, -0.15) is 5.10 Å². The second-order valence-electron chi connectivity index (χ2n) is 4.60. The molecule has 4 nitrogen and oxygen atoms in total. The van der Waals surface area contributed by atoms with Crippen LogP contribution >= 0.6 is 0 Å². The molecule has 1 aromatic heterocycles. The van der Waals surface area contributed by atoms with E-state index < -0.39 is 0 Å². The van der Waals surface area contributed by atoms with Gasteiger partial charge in [0.15, 0.2) is 5.75 Å². The van der Waals surface area contributed by atoms with Gasteiger partial charge in [-0.15, -0.1) is 0 Å². The zero-order chi connectivity index (χ0) is 11.3. The number of nitrogens with two attached hydrogens (primary N) is 1. The predicted octanol–water partition coefficient (Wildman–Crippen LogP) is 1.66. The summed E-state index contributed by atoms with van der Waals surface area (Å²) >= 11 is 0. The van der Waals surface area contributed by atoms with Gasteiger partial charge in [0.25, 0.3) is 0 Å². The summed E-state index contributed by atoms with van der Waals surface area (Å²) in [7, 11) is 0. The van der Waals surface area contributed by atoms with Crippen LogP contribution in [0.3, 0.4) is 0 Å². The molecule has 0 bridgehead atoms. The van der Waals surface area contributed by atoms with E-state index >= 15 is 0 Å². The molecule has 0 fully saturated rings. The molecule has 86 valence electrons. The fourth-order valence-electron chi connectivity index (χ4n) is 1.11. The standard InChI is InChI=1S/C11H21N3O/c1-4-5-14-7-10(6-13-14)15-9-11(2,3)8-12/h6-7H,4-5,8-9,12H2,1-3H3. The van der Waals surface area contributed by atoms with Crippen molar-refractivity contribution in [2.24, 2.45) is 11.1 Å². The average molecular weight is 211 g/mol. The lowest BCUT2D eigenvalue weighted by atomic mass is 9.95. The monoisotopic (exact) mass is 211 g/mol. The highest BCUT2D eigenvalue weighted by atomic mass is 16.5. The van der Waals surface area contributed by atoms with Gasteiger partial charge in [-0.05, 0) is 6.42 Å². The van der Waals surface area contributed by atoms with E-state index in [0.717, 1.165) is 18.7 Å². The van der Waals surface area contributed by atoms with Crippen molar-refractivity contribution in [2.45, 2.75) is 33.7 Å². The molecule has 1 rings (SSSR count). The predicted molar refractivity (Wildman–Crippen MR) is 60.8 cm³/mol. The number of hydrogen-bond donors (Lipinski definition) is 1. The SMILES string of the molecule is CCCn1cc(OCC(C)(C)CN)cn1. The number of ether oxygens (including phenoxy) is 1. The molecule has 1 aromatic rings. The topological polar surface area (TPSA) is 53.1 Å². The molecule has 0 aromatic carbocycles. The van der Waals surface area contributed by atoms with Gasteiger partial charge in [-0.3, -0.25) is 4.68 Å². The molecule has 15 heavy (non-hydrogen) atoms. The Labute approximate surface area is 91.4 Å². The molecule has 0 radical (unpaired) electrons. The summed E-state index contributed by atoms with van der Waals surface area (Å²) in [6.45, 7) is 8.48. The summed E-state index contributed by atoms with van der Waals surface area (Å²) in [6, 6.07) is 0. The van der Waals surface area contributed by atoms with Gasteiger partial charge in [0.05, 0.1) is 19.0 Å². The fraction of sp³-hybridized carbons (Fsp3) is 0.727. The van der Waals surface area contributed by atoms with Crippen LogP contribution in [0.2, 0.25) is 0 Å². The first kappa shape index (κ1) is 12.0. The molecule has 0 aliphatic carbocycles. The lowest BCUT2D eigenvalue weighted by molar-refractivity contribution is 0.187. The maximum Gasteiger partial charge on any atom is 0.157 e.